The Morgan fingerprint density at radius 1 is 1.14 bits per heavy atom. The van der Waals surface area contributed by atoms with E-state index in [1.165, 1.54) is 25.7 Å². The van der Waals surface area contributed by atoms with Crippen LogP contribution in [0.25, 0.3) is 0 Å². The fourth-order valence-corrected chi connectivity index (χ4v) is 1.58. The monoisotopic (exact) mass is 201 g/mol. The molecule has 0 aromatic rings. The summed E-state index contributed by atoms with van der Waals surface area (Å²) < 4.78 is 5.04. The summed E-state index contributed by atoms with van der Waals surface area (Å²) in [6.07, 6.45) is 5.06. The lowest BCUT2D eigenvalue weighted by atomic mass is 9.84. The van der Waals surface area contributed by atoms with Gasteiger partial charge in [0.25, 0.3) is 0 Å². The van der Waals surface area contributed by atoms with Gasteiger partial charge in [0.2, 0.25) is 0 Å². The molecule has 0 saturated carbocycles. The molecule has 1 N–H and O–H groups in total. The summed E-state index contributed by atoms with van der Waals surface area (Å²) in [5.74, 6) is 0. The average Bonchev–Trinajstić information content (AvgIpc) is 2.13. The molecule has 0 amide bonds. The third kappa shape index (κ3) is 8.52. The highest BCUT2D eigenvalue weighted by Crippen LogP contribution is 2.26. The van der Waals surface area contributed by atoms with Gasteiger partial charge in [0.1, 0.15) is 0 Å². The maximum absolute atomic E-state index is 5.04. The van der Waals surface area contributed by atoms with E-state index >= 15 is 0 Å². The number of rotatable bonds is 9. The lowest BCUT2D eigenvalue weighted by molar-refractivity contribution is 0.184. The van der Waals surface area contributed by atoms with E-state index in [-0.39, 0.29) is 0 Å². The summed E-state index contributed by atoms with van der Waals surface area (Å²) in [5.41, 5.74) is 0.482. The second-order valence-electron chi connectivity index (χ2n) is 4.72. The molecule has 0 aliphatic rings. The number of ether oxygens (including phenoxy) is 1. The highest BCUT2D eigenvalue weighted by molar-refractivity contribution is 4.69. The van der Waals surface area contributed by atoms with E-state index in [1.54, 1.807) is 7.11 Å². The largest absolute Gasteiger partial charge is 0.385 e. The first-order valence-corrected chi connectivity index (χ1v) is 5.82. The van der Waals surface area contributed by atoms with Crippen LogP contribution >= 0.6 is 0 Å². The first-order chi connectivity index (χ1) is 6.62. The van der Waals surface area contributed by atoms with Gasteiger partial charge in [-0.05, 0) is 37.8 Å². The van der Waals surface area contributed by atoms with Gasteiger partial charge in [-0.2, -0.15) is 0 Å². The van der Waals surface area contributed by atoms with Gasteiger partial charge in [-0.25, -0.2) is 0 Å². The fourth-order valence-electron chi connectivity index (χ4n) is 1.58. The summed E-state index contributed by atoms with van der Waals surface area (Å²) in [5, 5.41) is 3.38. The zero-order valence-corrected chi connectivity index (χ0v) is 10.4. The lowest BCUT2D eigenvalue weighted by Crippen LogP contribution is -2.22. The van der Waals surface area contributed by atoms with Crippen LogP contribution in [0.2, 0.25) is 0 Å². The van der Waals surface area contributed by atoms with Gasteiger partial charge in [-0.3, -0.25) is 0 Å². The van der Waals surface area contributed by atoms with Crippen LogP contribution in [0.3, 0.4) is 0 Å². The van der Waals surface area contributed by atoms with Crippen LogP contribution in [0.5, 0.6) is 0 Å². The summed E-state index contributed by atoms with van der Waals surface area (Å²) in [7, 11) is 1.77. The molecule has 0 radical (unpaired) electrons. The van der Waals surface area contributed by atoms with E-state index in [9.17, 15) is 0 Å². The molecular weight excluding hydrogens is 174 g/mol. The number of hydrogen-bond acceptors (Lipinski definition) is 2. The first kappa shape index (κ1) is 13.9. The van der Waals surface area contributed by atoms with Crippen LogP contribution < -0.4 is 5.32 Å². The number of hydrogen-bond donors (Lipinski definition) is 1. The van der Waals surface area contributed by atoms with Crippen molar-refractivity contribution in [2.45, 2.75) is 46.5 Å². The molecule has 86 valence electrons. The van der Waals surface area contributed by atoms with Crippen LogP contribution in [-0.4, -0.2) is 26.8 Å². The Labute approximate surface area is 89.4 Å². The molecule has 2 heteroatoms. The second-order valence-corrected chi connectivity index (χ2v) is 4.72. The average molecular weight is 201 g/mol. The van der Waals surface area contributed by atoms with E-state index in [2.05, 4.69) is 26.1 Å². The summed E-state index contributed by atoms with van der Waals surface area (Å²) >= 11 is 0. The smallest absolute Gasteiger partial charge is 0.0462 e. The molecule has 0 aliphatic carbocycles. The molecule has 0 aromatic heterocycles. The second kappa shape index (κ2) is 8.25. The van der Waals surface area contributed by atoms with Crippen LogP contribution in [0, 0.1) is 5.41 Å². The van der Waals surface area contributed by atoms with E-state index in [4.69, 9.17) is 4.74 Å². The number of nitrogens with one attached hydrogen (secondary N) is 1. The Morgan fingerprint density at radius 2 is 1.86 bits per heavy atom. The Morgan fingerprint density at radius 3 is 2.43 bits per heavy atom. The highest BCUT2D eigenvalue weighted by atomic mass is 16.5. The molecule has 0 saturated heterocycles. The summed E-state index contributed by atoms with van der Waals surface area (Å²) in [4.78, 5) is 0. The molecule has 2 nitrogen and oxygen atoms in total. The molecule has 0 heterocycles. The van der Waals surface area contributed by atoms with E-state index in [1.807, 2.05) is 0 Å². The topological polar surface area (TPSA) is 21.3 Å². The summed E-state index contributed by atoms with van der Waals surface area (Å²) in [6, 6.07) is 0. The zero-order valence-electron chi connectivity index (χ0n) is 10.4. The van der Waals surface area contributed by atoms with Gasteiger partial charge in [0, 0.05) is 13.7 Å². The van der Waals surface area contributed by atoms with Crippen molar-refractivity contribution in [1.82, 2.24) is 5.32 Å². The number of unbranched alkanes of at least 4 members (excludes halogenated alkanes) is 1. The Hall–Kier alpha value is -0.0800. The first-order valence-electron chi connectivity index (χ1n) is 5.82. The van der Waals surface area contributed by atoms with E-state index in [0.29, 0.717) is 5.41 Å². The van der Waals surface area contributed by atoms with Gasteiger partial charge >= 0.3 is 0 Å². The molecular formula is C12H27NO. The third-order valence-electron chi connectivity index (χ3n) is 2.68. The van der Waals surface area contributed by atoms with Crippen molar-refractivity contribution in [2.75, 3.05) is 26.8 Å². The van der Waals surface area contributed by atoms with Crippen molar-refractivity contribution >= 4 is 0 Å². The number of methoxy groups -OCH3 is 1. The Kier molecular flexibility index (Phi) is 8.20. The molecule has 14 heavy (non-hydrogen) atoms. The predicted molar refractivity (Wildman–Crippen MR) is 62.7 cm³/mol. The minimum absolute atomic E-state index is 0.482. The van der Waals surface area contributed by atoms with Crippen LogP contribution in [0.1, 0.15) is 46.5 Å². The van der Waals surface area contributed by atoms with Gasteiger partial charge in [0.05, 0.1) is 0 Å². The predicted octanol–water partition coefficient (Wildman–Crippen LogP) is 2.83. The summed E-state index contributed by atoms with van der Waals surface area (Å²) in [6.45, 7) is 10.0. The van der Waals surface area contributed by atoms with Gasteiger partial charge in [0.15, 0.2) is 0 Å². The maximum Gasteiger partial charge on any atom is 0.0462 e. The fraction of sp³-hybridized carbons (Fsp3) is 1.00. The maximum atomic E-state index is 5.04. The SMILES string of the molecule is CCNCCC(C)(C)CCCCOC. The molecule has 0 unspecified atom stereocenters. The Balaban J connectivity index is 3.40. The van der Waals surface area contributed by atoms with Crippen molar-refractivity contribution < 1.29 is 4.74 Å². The van der Waals surface area contributed by atoms with Gasteiger partial charge in [-0.15, -0.1) is 0 Å². The van der Waals surface area contributed by atoms with Gasteiger partial charge < -0.3 is 10.1 Å². The molecule has 0 spiro atoms. The van der Waals surface area contributed by atoms with Crippen molar-refractivity contribution in [3.8, 4) is 0 Å². The van der Waals surface area contributed by atoms with Crippen molar-refractivity contribution in [1.29, 1.82) is 0 Å². The minimum atomic E-state index is 0.482. The van der Waals surface area contributed by atoms with Crippen molar-refractivity contribution in [2.24, 2.45) is 5.41 Å². The van der Waals surface area contributed by atoms with Crippen molar-refractivity contribution in [3.63, 3.8) is 0 Å². The van der Waals surface area contributed by atoms with Gasteiger partial charge in [-0.1, -0.05) is 27.2 Å². The molecule has 0 bridgehead atoms. The van der Waals surface area contributed by atoms with Crippen LogP contribution in [0.15, 0.2) is 0 Å². The van der Waals surface area contributed by atoms with Crippen LogP contribution in [-0.2, 0) is 4.74 Å². The van der Waals surface area contributed by atoms with Crippen LogP contribution in [0.4, 0.5) is 0 Å². The highest BCUT2D eigenvalue weighted by Gasteiger charge is 2.16. The minimum Gasteiger partial charge on any atom is -0.385 e. The molecule has 0 aliphatic heterocycles. The third-order valence-corrected chi connectivity index (χ3v) is 2.68. The normalized spacial score (nSPS) is 12.0. The lowest BCUT2D eigenvalue weighted by Gasteiger charge is -2.24. The zero-order chi connectivity index (χ0) is 10.9. The van der Waals surface area contributed by atoms with E-state index < -0.39 is 0 Å². The molecule has 0 fully saturated rings. The Bertz CT molecular complexity index is 123. The molecule has 0 rings (SSSR count). The molecule has 0 atom stereocenters. The van der Waals surface area contributed by atoms with E-state index in [0.717, 1.165) is 19.7 Å². The quantitative estimate of drug-likeness (QED) is 0.579. The molecule has 0 aromatic carbocycles. The van der Waals surface area contributed by atoms with Crippen molar-refractivity contribution in [3.05, 3.63) is 0 Å². The standard InChI is InChI=1S/C12H27NO/c1-5-13-10-9-12(2,3)8-6-7-11-14-4/h13H,5-11H2,1-4H3.